The first kappa shape index (κ1) is 16.9. The van der Waals surface area contributed by atoms with Crippen LogP contribution >= 0.6 is 0 Å². The molecule has 3 heterocycles. The molecule has 0 aliphatic carbocycles. The van der Waals surface area contributed by atoms with Crippen molar-refractivity contribution in [1.82, 2.24) is 19.4 Å². The summed E-state index contributed by atoms with van der Waals surface area (Å²) in [6.45, 7) is 4.11. The first-order chi connectivity index (χ1) is 12.0. The maximum Gasteiger partial charge on any atom is 0.263 e. The maximum absolute atomic E-state index is 12.6. The number of aromatic nitrogens is 3. The summed E-state index contributed by atoms with van der Waals surface area (Å²) in [6, 6.07) is 5.05. The molecule has 0 spiro atoms. The van der Waals surface area contributed by atoms with Crippen molar-refractivity contribution in [1.29, 1.82) is 0 Å². The molecule has 0 aromatic carbocycles. The highest BCUT2D eigenvalue weighted by atomic mass is 16.5. The number of hydrogen-bond acceptors (Lipinski definition) is 6. The van der Waals surface area contributed by atoms with Crippen molar-refractivity contribution in [3.8, 4) is 5.88 Å². The van der Waals surface area contributed by atoms with Crippen molar-refractivity contribution in [3.63, 3.8) is 0 Å². The summed E-state index contributed by atoms with van der Waals surface area (Å²) in [7, 11) is 3.21. The number of nitrogens with zero attached hydrogens (tertiary/aromatic N) is 5. The van der Waals surface area contributed by atoms with E-state index in [0.717, 1.165) is 5.69 Å². The van der Waals surface area contributed by atoms with Crippen LogP contribution in [0.1, 0.15) is 16.1 Å². The largest absolute Gasteiger partial charge is 0.481 e. The third-order valence-electron chi connectivity index (χ3n) is 4.23. The minimum absolute atomic E-state index is 0.201. The first-order valence-corrected chi connectivity index (χ1v) is 8.09. The normalized spacial score (nSPS) is 14.5. The molecule has 1 aliphatic rings. The number of piperazine rings is 1. The molecule has 1 fully saturated rings. The SMILES string of the molecule is COc1cc(C)nc(N2CCN(C(=O)c3cccn(C)c3=O)CC2)n1. The molecule has 8 nitrogen and oxygen atoms in total. The number of anilines is 1. The molecular formula is C17H21N5O3. The Hall–Kier alpha value is -2.90. The Morgan fingerprint density at radius 2 is 1.92 bits per heavy atom. The first-order valence-electron chi connectivity index (χ1n) is 8.09. The summed E-state index contributed by atoms with van der Waals surface area (Å²) in [5.74, 6) is 0.886. The number of hydrogen-bond donors (Lipinski definition) is 0. The highest BCUT2D eigenvalue weighted by Crippen LogP contribution is 2.17. The second-order valence-electron chi connectivity index (χ2n) is 5.97. The van der Waals surface area contributed by atoms with Crippen molar-refractivity contribution >= 4 is 11.9 Å². The average Bonchev–Trinajstić information content (AvgIpc) is 2.63. The Morgan fingerprint density at radius 1 is 1.20 bits per heavy atom. The van der Waals surface area contributed by atoms with Gasteiger partial charge in [0.05, 0.1) is 7.11 Å². The highest BCUT2D eigenvalue weighted by molar-refractivity contribution is 5.94. The minimum atomic E-state index is -0.276. The van der Waals surface area contributed by atoms with E-state index in [4.69, 9.17) is 4.74 Å². The van der Waals surface area contributed by atoms with E-state index < -0.39 is 0 Å². The molecule has 2 aromatic heterocycles. The molecular weight excluding hydrogens is 322 g/mol. The van der Waals surface area contributed by atoms with Crippen molar-refractivity contribution in [2.75, 3.05) is 38.2 Å². The second-order valence-corrected chi connectivity index (χ2v) is 5.97. The van der Waals surface area contributed by atoms with E-state index in [1.165, 1.54) is 4.57 Å². The molecule has 0 N–H and O–H groups in total. The summed E-state index contributed by atoms with van der Waals surface area (Å²) in [6.07, 6.45) is 1.64. The van der Waals surface area contributed by atoms with Crippen LogP contribution in [-0.2, 0) is 7.05 Å². The van der Waals surface area contributed by atoms with E-state index in [1.54, 1.807) is 43.5 Å². The van der Waals surface area contributed by atoms with Crippen molar-refractivity contribution in [2.24, 2.45) is 7.05 Å². The number of carbonyl (C=O) groups excluding carboxylic acids is 1. The van der Waals surface area contributed by atoms with E-state index in [1.807, 2.05) is 11.8 Å². The molecule has 25 heavy (non-hydrogen) atoms. The lowest BCUT2D eigenvalue weighted by atomic mass is 10.2. The van der Waals surface area contributed by atoms with Crippen LogP contribution in [0.25, 0.3) is 0 Å². The number of carbonyl (C=O) groups is 1. The molecule has 0 atom stereocenters. The lowest BCUT2D eigenvalue weighted by molar-refractivity contribution is 0.0743. The fourth-order valence-corrected chi connectivity index (χ4v) is 2.81. The van der Waals surface area contributed by atoms with E-state index in [2.05, 4.69) is 9.97 Å². The Morgan fingerprint density at radius 3 is 2.60 bits per heavy atom. The smallest absolute Gasteiger partial charge is 0.263 e. The number of rotatable bonds is 3. The van der Waals surface area contributed by atoms with Crippen molar-refractivity contribution in [2.45, 2.75) is 6.92 Å². The number of ether oxygens (including phenoxy) is 1. The molecule has 8 heteroatoms. The lowest BCUT2D eigenvalue weighted by Gasteiger charge is -2.34. The van der Waals surface area contributed by atoms with E-state index in [9.17, 15) is 9.59 Å². The van der Waals surface area contributed by atoms with Gasteiger partial charge in [0.2, 0.25) is 11.8 Å². The Balaban J connectivity index is 1.71. The van der Waals surface area contributed by atoms with Gasteiger partial charge in [0.1, 0.15) is 5.56 Å². The Bertz CT molecular complexity index is 840. The molecule has 3 rings (SSSR count). The van der Waals surface area contributed by atoms with Crippen LogP contribution < -0.4 is 15.2 Å². The standard InChI is InChI=1S/C17H21N5O3/c1-12-11-14(25-3)19-17(18-12)22-9-7-21(8-10-22)16(24)13-5-4-6-20(2)15(13)23/h4-6,11H,7-10H2,1-3H3. The number of amides is 1. The van der Waals surface area contributed by atoms with Crippen LogP contribution in [0.15, 0.2) is 29.2 Å². The fourth-order valence-electron chi connectivity index (χ4n) is 2.81. The molecule has 0 bridgehead atoms. The zero-order valence-electron chi connectivity index (χ0n) is 14.6. The zero-order valence-corrected chi connectivity index (χ0v) is 14.6. The quantitative estimate of drug-likeness (QED) is 0.805. The number of aryl methyl sites for hydroxylation is 2. The number of methoxy groups -OCH3 is 1. The average molecular weight is 343 g/mol. The molecule has 0 saturated carbocycles. The van der Waals surface area contributed by atoms with Gasteiger partial charge in [-0.1, -0.05) is 0 Å². The third kappa shape index (κ3) is 3.47. The molecule has 132 valence electrons. The molecule has 0 radical (unpaired) electrons. The molecule has 1 amide bonds. The Labute approximate surface area is 145 Å². The maximum atomic E-state index is 12.6. The van der Waals surface area contributed by atoms with Gasteiger partial charge in [-0.25, -0.2) is 4.98 Å². The highest BCUT2D eigenvalue weighted by Gasteiger charge is 2.25. The van der Waals surface area contributed by atoms with Gasteiger partial charge in [0, 0.05) is 51.2 Å². The third-order valence-corrected chi connectivity index (χ3v) is 4.23. The van der Waals surface area contributed by atoms with Crippen molar-refractivity contribution < 1.29 is 9.53 Å². The predicted octanol–water partition coefficient (Wildman–Crippen LogP) is 0.455. The molecule has 1 aliphatic heterocycles. The van der Waals surface area contributed by atoms with Gasteiger partial charge in [-0.3, -0.25) is 9.59 Å². The monoisotopic (exact) mass is 343 g/mol. The topological polar surface area (TPSA) is 80.6 Å². The van der Waals surface area contributed by atoms with Gasteiger partial charge in [0.25, 0.3) is 11.5 Å². The number of pyridine rings is 1. The fraction of sp³-hybridized carbons (Fsp3) is 0.412. The van der Waals surface area contributed by atoms with Crippen LogP contribution in [0.5, 0.6) is 5.88 Å². The van der Waals surface area contributed by atoms with Gasteiger partial charge < -0.3 is 19.1 Å². The van der Waals surface area contributed by atoms with Gasteiger partial charge in [-0.05, 0) is 19.1 Å². The van der Waals surface area contributed by atoms with Crippen molar-refractivity contribution in [3.05, 3.63) is 46.0 Å². The lowest BCUT2D eigenvalue weighted by Crippen LogP contribution is -2.50. The molecule has 2 aromatic rings. The second kappa shape index (κ2) is 6.92. The van der Waals surface area contributed by atoms with Gasteiger partial charge in [-0.2, -0.15) is 4.98 Å². The minimum Gasteiger partial charge on any atom is -0.481 e. The van der Waals surface area contributed by atoms with Crippen LogP contribution in [0.2, 0.25) is 0 Å². The van der Waals surface area contributed by atoms with Crippen LogP contribution in [0.3, 0.4) is 0 Å². The summed E-state index contributed by atoms with van der Waals surface area (Å²) in [5, 5.41) is 0. The summed E-state index contributed by atoms with van der Waals surface area (Å²) >= 11 is 0. The van der Waals surface area contributed by atoms with Gasteiger partial charge in [0.15, 0.2) is 0 Å². The van der Waals surface area contributed by atoms with Gasteiger partial charge >= 0.3 is 0 Å². The van der Waals surface area contributed by atoms with Crippen LogP contribution in [0.4, 0.5) is 5.95 Å². The zero-order chi connectivity index (χ0) is 18.0. The van der Waals surface area contributed by atoms with E-state index >= 15 is 0 Å². The Kier molecular flexibility index (Phi) is 4.69. The van der Waals surface area contributed by atoms with Crippen LogP contribution in [-0.4, -0.2) is 58.6 Å². The van der Waals surface area contributed by atoms with Gasteiger partial charge in [-0.15, -0.1) is 0 Å². The summed E-state index contributed by atoms with van der Waals surface area (Å²) in [5.41, 5.74) is 0.752. The predicted molar refractivity (Wildman–Crippen MR) is 93.1 cm³/mol. The summed E-state index contributed by atoms with van der Waals surface area (Å²) in [4.78, 5) is 37.2. The van der Waals surface area contributed by atoms with E-state index in [0.29, 0.717) is 38.0 Å². The van der Waals surface area contributed by atoms with E-state index in [-0.39, 0.29) is 17.0 Å². The van der Waals surface area contributed by atoms with Crippen LogP contribution in [0, 0.1) is 6.92 Å². The summed E-state index contributed by atoms with van der Waals surface area (Å²) < 4.78 is 6.60. The molecule has 0 unspecified atom stereocenters. The molecule has 1 saturated heterocycles.